The number of benzene rings is 3. The highest BCUT2D eigenvalue weighted by molar-refractivity contribution is 5.58. The summed E-state index contributed by atoms with van der Waals surface area (Å²) in [4.78, 5) is 0. The Kier molecular flexibility index (Phi) is 5.92. The van der Waals surface area contributed by atoms with Crippen LogP contribution in [0.5, 0.6) is 5.75 Å². The van der Waals surface area contributed by atoms with E-state index in [0.29, 0.717) is 18.9 Å². The molecular weight excluding hydrogens is 364 g/mol. The van der Waals surface area contributed by atoms with Crippen molar-refractivity contribution in [2.24, 2.45) is 0 Å². The van der Waals surface area contributed by atoms with Crippen molar-refractivity contribution in [1.29, 1.82) is 0 Å². The first-order chi connectivity index (χ1) is 14.3. The molecule has 0 amide bonds. The number of nitrogens with one attached hydrogen (secondary N) is 1. The standard InChI is InChI=1S/C23H22N4O2/c1-28-21-15-20(23-24-26-27-25-23)13-12-19(21)14-22(18-10-6-3-7-11-18)29-16-17-8-4-2-5-9-17/h2-13,15,22H,14,16H2,1H3,(H,24,25,26,27). The van der Waals surface area contributed by atoms with Crippen molar-refractivity contribution in [3.05, 3.63) is 95.6 Å². The number of rotatable bonds is 8. The minimum Gasteiger partial charge on any atom is -0.496 e. The summed E-state index contributed by atoms with van der Waals surface area (Å²) in [5.41, 5.74) is 4.18. The first kappa shape index (κ1) is 18.8. The lowest BCUT2D eigenvalue weighted by Gasteiger charge is -2.20. The number of ether oxygens (including phenoxy) is 2. The van der Waals surface area contributed by atoms with Crippen molar-refractivity contribution in [1.82, 2.24) is 20.6 Å². The number of H-pyrrole nitrogens is 1. The minimum absolute atomic E-state index is 0.0960. The van der Waals surface area contributed by atoms with E-state index in [2.05, 4.69) is 44.9 Å². The van der Waals surface area contributed by atoms with Crippen LogP contribution in [0.4, 0.5) is 0 Å². The maximum atomic E-state index is 6.32. The van der Waals surface area contributed by atoms with Gasteiger partial charge in [-0.05, 0) is 28.0 Å². The Bertz CT molecular complexity index is 1020. The Labute approximate surface area is 169 Å². The molecule has 0 radical (unpaired) electrons. The van der Waals surface area contributed by atoms with Crippen LogP contribution in [0.3, 0.4) is 0 Å². The molecule has 146 valence electrons. The van der Waals surface area contributed by atoms with Crippen molar-refractivity contribution >= 4 is 0 Å². The van der Waals surface area contributed by atoms with Gasteiger partial charge in [-0.1, -0.05) is 72.8 Å². The highest BCUT2D eigenvalue weighted by Gasteiger charge is 2.17. The molecule has 4 rings (SSSR count). The van der Waals surface area contributed by atoms with E-state index < -0.39 is 0 Å². The maximum absolute atomic E-state index is 6.32. The molecule has 1 unspecified atom stereocenters. The Morgan fingerprint density at radius 1 is 0.931 bits per heavy atom. The molecule has 3 aromatic carbocycles. The van der Waals surface area contributed by atoms with Gasteiger partial charge in [0.15, 0.2) is 0 Å². The van der Waals surface area contributed by atoms with E-state index in [0.717, 1.165) is 28.0 Å². The van der Waals surface area contributed by atoms with Crippen molar-refractivity contribution in [3.8, 4) is 17.1 Å². The van der Waals surface area contributed by atoms with Crippen molar-refractivity contribution in [2.45, 2.75) is 19.1 Å². The zero-order valence-electron chi connectivity index (χ0n) is 16.2. The first-order valence-corrected chi connectivity index (χ1v) is 9.44. The molecule has 0 bridgehead atoms. The predicted octanol–water partition coefficient (Wildman–Crippen LogP) is 4.38. The average Bonchev–Trinajstić information content (AvgIpc) is 3.33. The van der Waals surface area contributed by atoms with Gasteiger partial charge in [0.25, 0.3) is 0 Å². The third kappa shape index (κ3) is 4.67. The number of nitrogens with zero attached hydrogens (tertiary/aromatic N) is 3. The smallest absolute Gasteiger partial charge is 0.204 e. The van der Waals surface area contributed by atoms with Crippen molar-refractivity contribution < 1.29 is 9.47 Å². The third-order valence-corrected chi connectivity index (χ3v) is 4.76. The lowest BCUT2D eigenvalue weighted by molar-refractivity contribution is 0.0395. The second kappa shape index (κ2) is 9.12. The number of hydrogen-bond donors (Lipinski definition) is 1. The Morgan fingerprint density at radius 2 is 1.69 bits per heavy atom. The van der Waals surface area contributed by atoms with Gasteiger partial charge in [0.05, 0.1) is 19.8 Å². The highest BCUT2D eigenvalue weighted by Crippen LogP contribution is 2.31. The number of aromatic nitrogens is 4. The van der Waals surface area contributed by atoms with E-state index in [-0.39, 0.29) is 6.10 Å². The number of aromatic amines is 1. The molecule has 1 heterocycles. The number of methoxy groups -OCH3 is 1. The first-order valence-electron chi connectivity index (χ1n) is 9.44. The van der Waals surface area contributed by atoms with Crippen LogP contribution < -0.4 is 4.74 Å². The van der Waals surface area contributed by atoms with E-state index in [1.165, 1.54) is 0 Å². The zero-order valence-corrected chi connectivity index (χ0v) is 16.2. The maximum Gasteiger partial charge on any atom is 0.204 e. The van der Waals surface area contributed by atoms with Crippen LogP contribution in [0.25, 0.3) is 11.4 Å². The summed E-state index contributed by atoms with van der Waals surface area (Å²) in [7, 11) is 1.67. The molecule has 6 heteroatoms. The molecule has 6 nitrogen and oxygen atoms in total. The molecule has 0 saturated carbocycles. The van der Waals surface area contributed by atoms with Crippen molar-refractivity contribution in [2.75, 3.05) is 7.11 Å². The van der Waals surface area contributed by atoms with Crippen LogP contribution in [0.2, 0.25) is 0 Å². The van der Waals surface area contributed by atoms with Gasteiger partial charge in [-0.3, -0.25) is 0 Å². The normalized spacial score (nSPS) is 11.9. The largest absolute Gasteiger partial charge is 0.496 e. The number of hydrogen-bond acceptors (Lipinski definition) is 5. The number of tetrazole rings is 1. The van der Waals surface area contributed by atoms with Gasteiger partial charge in [0, 0.05) is 12.0 Å². The highest BCUT2D eigenvalue weighted by atomic mass is 16.5. The fourth-order valence-corrected chi connectivity index (χ4v) is 3.25. The summed E-state index contributed by atoms with van der Waals surface area (Å²) in [5.74, 6) is 1.31. The monoisotopic (exact) mass is 386 g/mol. The second-order valence-corrected chi connectivity index (χ2v) is 6.66. The summed E-state index contributed by atoms with van der Waals surface area (Å²) >= 11 is 0. The molecule has 0 saturated heterocycles. The van der Waals surface area contributed by atoms with Crippen molar-refractivity contribution in [3.63, 3.8) is 0 Å². The zero-order chi connectivity index (χ0) is 19.9. The molecule has 0 aliphatic heterocycles. The molecule has 4 aromatic rings. The van der Waals surface area contributed by atoms with E-state index in [1.807, 2.05) is 54.6 Å². The van der Waals surface area contributed by atoms with Gasteiger partial charge in [-0.15, -0.1) is 10.2 Å². The molecule has 1 atom stereocenters. The van der Waals surface area contributed by atoms with Crippen LogP contribution in [0.1, 0.15) is 22.8 Å². The Balaban J connectivity index is 1.58. The lowest BCUT2D eigenvalue weighted by atomic mass is 9.99. The van der Waals surface area contributed by atoms with Gasteiger partial charge in [0.2, 0.25) is 5.82 Å². The molecule has 0 aliphatic carbocycles. The SMILES string of the molecule is COc1cc(-c2nn[nH]n2)ccc1CC(OCc1ccccc1)c1ccccc1. The van der Waals surface area contributed by atoms with E-state index in [4.69, 9.17) is 9.47 Å². The fraction of sp³-hybridized carbons (Fsp3) is 0.174. The molecule has 29 heavy (non-hydrogen) atoms. The topological polar surface area (TPSA) is 72.9 Å². The van der Waals surface area contributed by atoms with Crippen LogP contribution in [0.15, 0.2) is 78.9 Å². The Hall–Kier alpha value is -3.51. The molecule has 1 N–H and O–H groups in total. The molecular formula is C23H22N4O2. The van der Waals surface area contributed by atoms with Crippen LogP contribution in [0, 0.1) is 0 Å². The second-order valence-electron chi connectivity index (χ2n) is 6.66. The molecule has 0 aliphatic rings. The van der Waals surface area contributed by atoms with Crippen LogP contribution in [-0.2, 0) is 17.8 Å². The van der Waals surface area contributed by atoms with E-state index in [9.17, 15) is 0 Å². The third-order valence-electron chi connectivity index (χ3n) is 4.76. The molecule has 0 spiro atoms. The summed E-state index contributed by atoms with van der Waals surface area (Å²) in [6.07, 6.45) is 0.591. The quantitative estimate of drug-likeness (QED) is 0.487. The average molecular weight is 386 g/mol. The van der Waals surface area contributed by atoms with Gasteiger partial charge in [-0.25, -0.2) is 0 Å². The van der Waals surface area contributed by atoms with Gasteiger partial charge >= 0.3 is 0 Å². The Morgan fingerprint density at radius 3 is 2.38 bits per heavy atom. The van der Waals surface area contributed by atoms with Gasteiger partial charge in [-0.2, -0.15) is 5.21 Å². The summed E-state index contributed by atoms with van der Waals surface area (Å²) in [6, 6.07) is 26.4. The minimum atomic E-state index is -0.0960. The molecule has 0 fully saturated rings. The predicted molar refractivity (Wildman–Crippen MR) is 110 cm³/mol. The summed E-state index contributed by atoms with van der Waals surface area (Å²) in [6.45, 7) is 0.545. The van der Waals surface area contributed by atoms with E-state index in [1.54, 1.807) is 7.11 Å². The van der Waals surface area contributed by atoms with Gasteiger partial charge in [0.1, 0.15) is 5.75 Å². The van der Waals surface area contributed by atoms with Crippen LogP contribution in [-0.4, -0.2) is 27.7 Å². The fourth-order valence-electron chi connectivity index (χ4n) is 3.25. The molecule has 1 aromatic heterocycles. The lowest BCUT2D eigenvalue weighted by Crippen LogP contribution is -2.09. The van der Waals surface area contributed by atoms with Crippen LogP contribution >= 0.6 is 0 Å². The summed E-state index contributed by atoms with van der Waals surface area (Å²) in [5, 5.41) is 14.2. The van der Waals surface area contributed by atoms with Gasteiger partial charge < -0.3 is 9.47 Å². The summed E-state index contributed by atoms with van der Waals surface area (Å²) < 4.78 is 12.0. The van der Waals surface area contributed by atoms with E-state index >= 15 is 0 Å².